The van der Waals surface area contributed by atoms with Crippen LogP contribution in [0.15, 0.2) is 24.3 Å². The molecule has 0 spiro atoms. The predicted octanol–water partition coefficient (Wildman–Crippen LogP) is 2.06. The summed E-state index contributed by atoms with van der Waals surface area (Å²) in [5, 5.41) is 8.57. The Hall–Kier alpha value is -1.73. The lowest BCUT2D eigenvalue weighted by molar-refractivity contribution is 0.108. The van der Waals surface area contributed by atoms with Gasteiger partial charge in [0.1, 0.15) is 11.9 Å². The van der Waals surface area contributed by atoms with Crippen molar-refractivity contribution in [3.05, 3.63) is 24.3 Å². The summed E-state index contributed by atoms with van der Waals surface area (Å²) in [5.74, 6) is 0.844. The highest BCUT2D eigenvalue weighted by Gasteiger charge is 2.03. The molecule has 0 aliphatic heterocycles. The number of nitrogens with zero attached hydrogens (tertiary/aromatic N) is 2. The molecule has 0 heterocycles. The molecule has 0 aromatic heterocycles. The normalized spacial score (nSPS) is 11.6. The van der Waals surface area contributed by atoms with Gasteiger partial charge in [0, 0.05) is 19.3 Å². The highest BCUT2D eigenvalue weighted by atomic mass is 16.5. The minimum Gasteiger partial charge on any atom is -0.497 e. The predicted molar refractivity (Wildman–Crippen MR) is 67.3 cm³/mol. The first-order valence-electron chi connectivity index (χ1n) is 5.53. The summed E-state index contributed by atoms with van der Waals surface area (Å²) in [4.78, 5) is 2.07. The lowest BCUT2D eigenvalue weighted by Gasteiger charge is -2.19. The van der Waals surface area contributed by atoms with Gasteiger partial charge in [0.15, 0.2) is 0 Å². The average Bonchev–Trinajstić information content (AvgIpc) is 2.38. The first-order valence-corrected chi connectivity index (χ1v) is 5.53. The zero-order valence-electron chi connectivity index (χ0n) is 10.5. The number of methoxy groups -OCH3 is 1. The van der Waals surface area contributed by atoms with Gasteiger partial charge in [0.25, 0.3) is 0 Å². The number of benzene rings is 1. The zero-order chi connectivity index (χ0) is 12.7. The van der Waals surface area contributed by atoms with E-state index >= 15 is 0 Å². The van der Waals surface area contributed by atoms with Gasteiger partial charge in [-0.3, -0.25) is 0 Å². The molecule has 0 aliphatic rings. The third kappa shape index (κ3) is 4.33. The first-order chi connectivity index (χ1) is 8.17. The highest BCUT2D eigenvalue weighted by Crippen LogP contribution is 2.17. The van der Waals surface area contributed by atoms with Crippen molar-refractivity contribution in [1.82, 2.24) is 0 Å². The molecule has 1 aromatic carbocycles. The summed E-state index contributed by atoms with van der Waals surface area (Å²) in [6.07, 6.45) is -0.348. The van der Waals surface area contributed by atoms with Gasteiger partial charge in [-0.25, -0.2) is 0 Å². The van der Waals surface area contributed by atoms with Crippen LogP contribution in [-0.2, 0) is 4.74 Å². The number of nitriles is 1. The maximum atomic E-state index is 8.57. The van der Waals surface area contributed by atoms with Crippen LogP contribution < -0.4 is 9.64 Å². The molecule has 0 fully saturated rings. The van der Waals surface area contributed by atoms with Crippen molar-refractivity contribution in [1.29, 1.82) is 5.26 Å². The monoisotopic (exact) mass is 234 g/mol. The molecule has 17 heavy (non-hydrogen) atoms. The molecule has 0 N–H and O–H groups in total. The van der Waals surface area contributed by atoms with E-state index in [1.807, 2.05) is 37.4 Å². The van der Waals surface area contributed by atoms with E-state index in [0.29, 0.717) is 6.61 Å². The molecule has 0 aliphatic carbocycles. The van der Waals surface area contributed by atoms with Crippen LogP contribution in [0.3, 0.4) is 0 Å². The molecule has 0 bridgehead atoms. The molecule has 92 valence electrons. The van der Waals surface area contributed by atoms with Gasteiger partial charge in [-0.05, 0) is 31.2 Å². The molecular formula is C13H18N2O2. The number of hydrogen-bond acceptors (Lipinski definition) is 4. The van der Waals surface area contributed by atoms with Crippen molar-refractivity contribution >= 4 is 5.69 Å². The van der Waals surface area contributed by atoms with Crippen molar-refractivity contribution in [3.8, 4) is 11.8 Å². The number of hydrogen-bond donors (Lipinski definition) is 0. The van der Waals surface area contributed by atoms with Crippen LogP contribution in [0, 0.1) is 11.3 Å². The molecular weight excluding hydrogens is 216 g/mol. The minimum atomic E-state index is -0.348. The lowest BCUT2D eigenvalue weighted by Crippen LogP contribution is -2.24. The van der Waals surface area contributed by atoms with Gasteiger partial charge < -0.3 is 14.4 Å². The van der Waals surface area contributed by atoms with E-state index < -0.39 is 0 Å². The van der Waals surface area contributed by atoms with Gasteiger partial charge in [-0.2, -0.15) is 5.26 Å². The third-order valence-corrected chi connectivity index (χ3v) is 2.49. The maximum absolute atomic E-state index is 8.57. The Kier molecular flexibility index (Phi) is 5.31. The van der Waals surface area contributed by atoms with E-state index in [4.69, 9.17) is 14.7 Å². The smallest absolute Gasteiger partial charge is 0.141 e. The van der Waals surface area contributed by atoms with Crippen LogP contribution in [-0.4, -0.2) is 33.4 Å². The van der Waals surface area contributed by atoms with Gasteiger partial charge >= 0.3 is 0 Å². The Bertz CT molecular complexity index is 370. The number of anilines is 1. The second-order valence-corrected chi connectivity index (χ2v) is 3.76. The number of ether oxygens (including phenoxy) is 2. The van der Waals surface area contributed by atoms with Crippen LogP contribution in [0.2, 0.25) is 0 Å². The summed E-state index contributed by atoms with van der Waals surface area (Å²) >= 11 is 0. The van der Waals surface area contributed by atoms with E-state index in [1.165, 1.54) is 0 Å². The van der Waals surface area contributed by atoms with Crippen LogP contribution in [0.25, 0.3) is 0 Å². The van der Waals surface area contributed by atoms with Gasteiger partial charge in [0.05, 0.1) is 19.8 Å². The lowest BCUT2D eigenvalue weighted by atomic mass is 10.3. The number of rotatable bonds is 6. The maximum Gasteiger partial charge on any atom is 0.141 e. The number of likely N-dealkylation sites (N-methyl/N-ethyl adjacent to an activating group) is 1. The summed E-state index contributed by atoms with van der Waals surface area (Å²) < 4.78 is 10.4. The summed E-state index contributed by atoms with van der Waals surface area (Å²) in [6.45, 7) is 3.03. The van der Waals surface area contributed by atoms with Crippen LogP contribution in [0.1, 0.15) is 6.92 Å². The molecule has 1 unspecified atom stereocenters. The Morgan fingerprint density at radius 2 is 2.00 bits per heavy atom. The SMILES string of the molecule is COc1ccc(N(C)CCOC(C)C#N)cc1. The van der Waals surface area contributed by atoms with Gasteiger partial charge in [-0.1, -0.05) is 0 Å². The first kappa shape index (κ1) is 13.3. The van der Waals surface area contributed by atoms with Crippen molar-refractivity contribution < 1.29 is 9.47 Å². The second kappa shape index (κ2) is 6.77. The van der Waals surface area contributed by atoms with E-state index in [0.717, 1.165) is 18.0 Å². The standard InChI is InChI=1S/C13H18N2O2/c1-11(10-14)17-9-8-15(2)12-4-6-13(16-3)7-5-12/h4-7,11H,8-9H2,1-3H3. The van der Waals surface area contributed by atoms with Crippen LogP contribution in [0.5, 0.6) is 5.75 Å². The molecule has 4 heteroatoms. The van der Waals surface area contributed by atoms with Crippen molar-refractivity contribution in [3.63, 3.8) is 0 Å². The summed E-state index contributed by atoms with van der Waals surface area (Å²) in [5.41, 5.74) is 1.10. The minimum absolute atomic E-state index is 0.348. The van der Waals surface area contributed by atoms with Crippen molar-refractivity contribution in [2.45, 2.75) is 13.0 Å². The topological polar surface area (TPSA) is 45.5 Å². The molecule has 1 rings (SSSR count). The fraction of sp³-hybridized carbons (Fsp3) is 0.462. The molecule has 0 saturated heterocycles. The molecule has 0 saturated carbocycles. The quantitative estimate of drug-likeness (QED) is 0.755. The Labute approximate surface area is 102 Å². The van der Waals surface area contributed by atoms with Crippen molar-refractivity contribution in [2.75, 3.05) is 32.2 Å². The van der Waals surface area contributed by atoms with Gasteiger partial charge in [-0.15, -0.1) is 0 Å². The van der Waals surface area contributed by atoms with Crippen LogP contribution in [0.4, 0.5) is 5.69 Å². The van der Waals surface area contributed by atoms with E-state index in [-0.39, 0.29) is 6.10 Å². The fourth-order valence-corrected chi connectivity index (χ4v) is 1.37. The second-order valence-electron chi connectivity index (χ2n) is 3.76. The molecule has 0 radical (unpaired) electrons. The van der Waals surface area contributed by atoms with Crippen molar-refractivity contribution in [2.24, 2.45) is 0 Å². The Morgan fingerprint density at radius 1 is 1.35 bits per heavy atom. The van der Waals surface area contributed by atoms with Crippen LogP contribution >= 0.6 is 0 Å². The van der Waals surface area contributed by atoms with E-state index in [1.54, 1.807) is 14.0 Å². The molecule has 4 nitrogen and oxygen atoms in total. The molecule has 0 amide bonds. The van der Waals surface area contributed by atoms with E-state index in [2.05, 4.69) is 4.90 Å². The van der Waals surface area contributed by atoms with E-state index in [9.17, 15) is 0 Å². The average molecular weight is 234 g/mol. The zero-order valence-corrected chi connectivity index (χ0v) is 10.5. The fourth-order valence-electron chi connectivity index (χ4n) is 1.37. The van der Waals surface area contributed by atoms with Gasteiger partial charge in [0.2, 0.25) is 0 Å². The Morgan fingerprint density at radius 3 is 2.53 bits per heavy atom. The molecule has 1 aromatic rings. The third-order valence-electron chi connectivity index (χ3n) is 2.49. The highest BCUT2D eigenvalue weighted by molar-refractivity contribution is 5.48. The summed E-state index contributed by atoms with van der Waals surface area (Å²) in [6, 6.07) is 9.86. The summed E-state index contributed by atoms with van der Waals surface area (Å²) in [7, 11) is 3.64. The largest absolute Gasteiger partial charge is 0.497 e. The molecule has 1 atom stereocenters. The Balaban J connectivity index is 2.41.